The molecule has 11 heteroatoms. The lowest BCUT2D eigenvalue weighted by Gasteiger charge is -2.17. The zero-order valence-electron chi connectivity index (χ0n) is 18.6. The largest absolute Gasteiger partial charge is 0.497 e. The highest BCUT2D eigenvalue weighted by Crippen LogP contribution is 2.40. The highest BCUT2D eigenvalue weighted by atomic mass is 19.4. The van der Waals surface area contributed by atoms with Crippen molar-refractivity contribution in [3.63, 3.8) is 0 Å². The van der Waals surface area contributed by atoms with Gasteiger partial charge < -0.3 is 20.1 Å². The molecular formula is C24H21F3N4O4. The number of hydrogen-bond donors (Lipinski definition) is 2. The van der Waals surface area contributed by atoms with E-state index in [-0.39, 0.29) is 29.7 Å². The van der Waals surface area contributed by atoms with Gasteiger partial charge in [-0.15, -0.1) is 0 Å². The minimum Gasteiger partial charge on any atom is -0.497 e. The smallest absolute Gasteiger partial charge is 0.420 e. The SMILES string of the molecule is COc1ccc(Oc2ccc(CNC(=O)C3(NC(=O)c4ccnnc4)CC3)cc2)c(C(F)(F)F)c1. The van der Waals surface area contributed by atoms with E-state index >= 15 is 0 Å². The van der Waals surface area contributed by atoms with E-state index < -0.39 is 23.2 Å². The number of halogens is 3. The summed E-state index contributed by atoms with van der Waals surface area (Å²) in [5.74, 6) is -0.812. The number of nitrogens with zero attached hydrogens (tertiary/aromatic N) is 2. The second-order valence-electron chi connectivity index (χ2n) is 7.96. The summed E-state index contributed by atoms with van der Waals surface area (Å²) in [5.41, 5.74) is -0.907. The van der Waals surface area contributed by atoms with Crippen LogP contribution in [0.1, 0.15) is 34.3 Å². The standard InChI is InChI=1S/C24H21F3N4O4/c1-34-18-6-7-20(19(12-18)24(25,26)27)35-17-4-2-15(3-5-17)13-28-22(33)23(9-10-23)31-21(32)16-8-11-29-30-14-16/h2-8,11-12,14H,9-10,13H2,1H3,(H,28,33)(H,31,32). The van der Waals surface area contributed by atoms with Crippen LogP contribution in [0.25, 0.3) is 0 Å². The first-order valence-electron chi connectivity index (χ1n) is 10.6. The first-order chi connectivity index (χ1) is 16.7. The van der Waals surface area contributed by atoms with Gasteiger partial charge in [0.25, 0.3) is 5.91 Å². The molecule has 4 rings (SSSR count). The number of alkyl halides is 3. The van der Waals surface area contributed by atoms with Crippen molar-refractivity contribution in [2.75, 3.05) is 7.11 Å². The fourth-order valence-corrected chi connectivity index (χ4v) is 3.35. The highest BCUT2D eigenvalue weighted by Gasteiger charge is 2.51. The maximum atomic E-state index is 13.4. The maximum absolute atomic E-state index is 13.4. The maximum Gasteiger partial charge on any atom is 0.420 e. The number of amides is 2. The number of rotatable bonds is 8. The normalized spacial score (nSPS) is 14.1. The van der Waals surface area contributed by atoms with Crippen LogP contribution in [0.2, 0.25) is 0 Å². The number of benzene rings is 2. The minimum atomic E-state index is -4.61. The van der Waals surface area contributed by atoms with Gasteiger partial charge in [0, 0.05) is 6.54 Å². The second kappa shape index (κ2) is 9.61. The molecular weight excluding hydrogens is 465 g/mol. The molecule has 1 heterocycles. The number of carbonyl (C=O) groups is 2. The molecule has 182 valence electrons. The van der Waals surface area contributed by atoms with Crippen molar-refractivity contribution in [2.45, 2.75) is 31.1 Å². The second-order valence-corrected chi connectivity index (χ2v) is 7.96. The third-order valence-corrected chi connectivity index (χ3v) is 5.48. The minimum absolute atomic E-state index is 0.0674. The zero-order valence-corrected chi connectivity index (χ0v) is 18.6. The lowest BCUT2D eigenvalue weighted by atomic mass is 10.1. The number of ether oxygens (including phenoxy) is 2. The monoisotopic (exact) mass is 486 g/mol. The lowest BCUT2D eigenvalue weighted by Crippen LogP contribution is -2.48. The molecule has 1 aliphatic rings. The van der Waals surface area contributed by atoms with Crippen LogP contribution in [-0.4, -0.2) is 34.7 Å². The number of hydrogen-bond acceptors (Lipinski definition) is 6. The Morgan fingerprint density at radius 2 is 1.74 bits per heavy atom. The van der Waals surface area contributed by atoms with Crippen LogP contribution in [0.15, 0.2) is 60.9 Å². The lowest BCUT2D eigenvalue weighted by molar-refractivity contribution is -0.138. The third kappa shape index (κ3) is 5.68. The molecule has 0 atom stereocenters. The van der Waals surface area contributed by atoms with Gasteiger partial charge in [-0.1, -0.05) is 12.1 Å². The van der Waals surface area contributed by atoms with Gasteiger partial charge in [-0.2, -0.15) is 23.4 Å². The van der Waals surface area contributed by atoms with Gasteiger partial charge in [0.15, 0.2) is 0 Å². The van der Waals surface area contributed by atoms with E-state index in [1.807, 2.05) is 0 Å². The summed E-state index contributed by atoms with van der Waals surface area (Å²) in [6.07, 6.45) is -0.883. The number of aromatic nitrogens is 2. The van der Waals surface area contributed by atoms with Crippen molar-refractivity contribution in [2.24, 2.45) is 0 Å². The quantitative estimate of drug-likeness (QED) is 0.501. The van der Waals surface area contributed by atoms with E-state index in [2.05, 4.69) is 20.8 Å². The van der Waals surface area contributed by atoms with Gasteiger partial charge in [-0.25, -0.2) is 0 Å². The molecule has 2 amide bonds. The average Bonchev–Trinajstić information content (AvgIpc) is 3.64. The third-order valence-electron chi connectivity index (χ3n) is 5.48. The predicted octanol–water partition coefficient (Wildman–Crippen LogP) is 3.88. The van der Waals surface area contributed by atoms with Crippen molar-refractivity contribution in [1.82, 2.24) is 20.8 Å². The molecule has 0 radical (unpaired) electrons. The summed E-state index contributed by atoms with van der Waals surface area (Å²) in [7, 11) is 1.28. The van der Waals surface area contributed by atoms with E-state index in [0.29, 0.717) is 24.0 Å². The number of nitrogens with one attached hydrogen (secondary N) is 2. The molecule has 1 aromatic heterocycles. The molecule has 3 aromatic rings. The number of carbonyl (C=O) groups excluding carboxylic acids is 2. The van der Waals surface area contributed by atoms with Crippen LogP contribution < -0.4 is 20.1 Å². The summed E-state index contributed by atoms with van der Waals surface area (Å²) in [6.45, 7) is 0.171. The molecule has 0 spiro atoms. The van der Waals surface area contributed by atoms with Crippen molar-refractivity contribution >= 4 is 11.8 Å². The summed E-state index contributed by atoms with van der Waals surface area (Å²) < 4.78 is 50.4. The van der Waals surface area contributed by atoms with E-state index in [0.717, 1.165) is 6.07 Å². The van der Waals surface area contributed by atoms with Gasteiger partial charge in [-0.05, 0) is 54.8 Å². The molecule has 35 heavy (non-hydrogen) atoms. The summed E-state index contributed by atoms with van der Waals surface area (Å²) >= 11 is 0. The van der Waals surface area contributed by atoms with Crippen molar-refractivity contribution in [3.05, 3.63) is 77.6 Å². The van der Waals surface area contributed by atoms with Gasteiger partial charge in [0.05, 0.1) is 25.1 Å². The van der Waals surface area contributed by atoms with E-state index in [9.17, 15) is 22.8 Å². The van der Waals surface area contributed by atoms with Crippen LogP contribution in [0.5, 0.6) is 17.2 Å². The van der Waals surface area contributed by atoms with Crippen LogP contribution in [0, 0.1) is 0 Å². The molecule has 0 unspecified atom stereocenters. The Morgan fingerprint density at radius 3 is 2.34 bits per heavy atom. The molecule has 0 saturated heterocycles. The Hall–Kier alpha value is -4.15. The summed E-state index contributed by atoms with van der Waals surface area (Å²) in [5, 5.41) is 12.8. The van der Waals surface area contributed by atoms with Crippen LogP contribution >= 0.6 is 0 Å². The zero-order chi connectivity index (χ0) is 25.1. The average molecular weight is 486 g/mol. The van der Waals surface area contributed by atoms with Gasteiger partial charge >= 0.3 is 6.18 Å². The Balaban J connectivity index is 1.36. The Morgan fingerprint density at radius 1 is 1.03 bits per heavy atom. The van der Waals surface area contributed by atoms with E-state index in [1.165, 1.54) is 49.8 Å². The fraction of sp³-hybridized carbons (Fsp3) is 0.250. The van der Waals surface area contributed by atoms with Crippen molar-refractivity contribution < 1.29 is 32.2 Å². The summed E-state index contributed by atoms with van der Waals surface area (Å²) in [4.78, 5) is 25.0. The Labute approximate surface area is 198 Å². The molecule has 8 nitrogen and oxygen atoms in total. The predicted molar refractivity (Wildman–Crippen MR) is 118 cm³/mol. The van der Waals surface area contributed by atoms with Crippen LogP contribution in [0.4, 0.5) is 13.2 Å². The van der Waals surface area contributed by atoms with Crippen LogP contribution in [-0.2, 0) is 17.5 Å². The first kappa shape index (κ1) is 24.0. The van der Waals surface area contributed by atoms with Crippen molar-refractivity contribution in [1.29, 1.82) is 0 Å². The molecule has 1 aliphatic carbocycles. The van der Waals surface area contributed by atoms with Crippen LogP contribution in [0.3, 0.4) is 0 Å². The first-order valence-corrected chi connectivity index (χ1v) is 10.6. The topological polar surface area (TPSA) is 102 Å². The Bertz CT molecular complexity index is 1210. The van der Waals surface area contributed by atoms with Crippen molar-refractivity contribution in [3.8, 4) is 17.2 Å². The molecule has 2 N–H and O–H groups in total. The summed E-state index contributed by atoms with van der Waals surface area (Å²) in [6, 6.07) is 11.2. The molecule has 2 aromatic carbocycles. The number of methoxy groups -OCH3 is 1. The van der Waals surface area contributed by atoms with E-state index in [1.54, 1.807) is 12.1 Å². The van der Waals surface area contributed by atoms with E-state index in [4.69, 9.17) is 9.47 Å². The highest BCUT2D eigenvalue weighted by molar-refractivity contribution is 6.00. The molecule has 0 bridgehead atoms. The van der Waals surface area contributed by atoms with Gasteiger partial charge in [-0.3, -0.25) is 9.59 Å². The van der Waals surface area contributed by atoms with Gasteiger partial charge in [0.1, 0.15) is 28.4 Å². The fourth-order valence-electron chi connectivity index (χ4n) is 3.35. The molecule has 1 saturated carbocycles. The molecule has 1 fully saturated rings. The Kier molecular flexibility index (Phi) is 6.59. The molecule has 0 aliphatic heterocycles. The van der Waals surface area contributed by atoms with Gasteiger partial charge in [0.2, 0.25) is 5.91 Å².